The maximum Gasteiger partial charge on any atom is 0.227 e. The highest BCUT2D eigenvalue weighted by molar-refractivity contribution is 6.30. The van der Waals surface area contributed by atoms with Crippen LogP contribution in [0.5, 0.6) is 0 Å². The van der Waals surface area contributed by atoms with E-state index in [9.17, 15) is 0 Å². The zero-order valence-corrected chi connectivity index (χ0v) is 10.3. The largest absolute Gasteiger partial charge is 0.438 e. The standard InChI is InChI=1S/C15H10ClNO/c1-10-13-4-2-3-5-14(13)17-15(18-10)11-6-8-12(16)9-7-11/h2-9H,1H2. The van der Waals surface area contributed by atoms with Gasteiger partial charge in [-0.15, -0.1) is 0 Å². The highest BCUT2D eigenvalue weighted by Gasteiger charge is 2.17. The van der Waals surface area contributed by atoms with Gasteiger partial charge in [-0.1, -0.05) is 30.3 Å². The summed E-state index contributed by atoms with van der Waals surface area (Å²) in [5.74, 6) is 1.17. The van der Waals surface area contributed by atoms with Gasteiger partial charge in [0, 0.05) is 16.1 Å². The quantitative estimate of drug-likeness (QED) is 0.739. The fraction of sp³-hybridized carbons (Fsp3) is 0. The number of para-hydroxylation sites is 1. The number of hydrogen-bond acceptors (Lipinski definition) is 2. The van der Waals surface area contributed by atoms with E-state index in [1.54, 1.807) is 0 Å². The Morgan fingerprint density at radius 3 is 2.50 bits per heavy atom. The van der Waals surface area contributed by atoms with Gasteiger partial charge in [0.1, 0.15) is 5.76 Å². The van der Waals surface area contributed by atoms with Crippen molar-refractivity contribution in [3.8, 4) is 0 Å². The first kappa shape index (κ1) is 11.1. The monoisotopic (exact) mass is 255 g/mol. The van der Waals surface area contributed by atoms with Crippen molar-refractivity contribution in [1.29, 1.82) is 0 Å². The van der Waals surface area contributed by atoms with Gasteiger partial charge in [0.15, 0.2) is 0 Å². The number of ether oxygens (including phenoxy) is 1. The average Bonchev–Trinajstić information content (AvgIpc) is 2.39. The Morgan fingerprint density at radius 2 is 1.72 bits per heavy atom. The second-order valence-corrected chi connectivity index (χ2v) is 4.40. The molecule has 1 heterocycles. The molecule has 3 rings (SSSR count). The Kier molecular flexibility index (Phi) is 2.65. The molecule has 2 aromatic rings. The molecule has 0 atom stereocenters. The van der Waals surface area contributed by atoms with Crippen LogP contribution in [0.2, 0.25) is 5.02 Å². The Morgan fingerprint density at radius 1 is 1.00 bits per heavy atom. The minimum absolute atomic E-state index is 0.551. The van der Waals surface area contributed by atoms with Crippen molar-refractivity contribution in [1.82, 2.24) is 0 Å². The molecule has 0 aliphatic carbocycles. The molecule has 0 saturated heterocycles. The van der Waals surface area contributed by atoms with Crippen LogP contribution in [0.3, 0.4) is 0 Å². The molecule has 0 bridgehead atoms. The molecular weight excluding hydrogens is 246 g/mol. The smallest absolute Gasteiger partial charge is 0.227 e. The molecule has 0 fully saturated rings. The number of aliphatic imine (C=N–C) groups is 1. The second-order valence-electron chi connectivity index (χ2n) is 3.97. The molecular formula is C15H10ClNO. The summed E-state index contributed by atoms with van der Waals surface area (Å²) in [7, 11) is 0. The van der Waals surface area contributed by atoms with Crippen LogP contribution >= 0.6 is 11.6 Å². The Balaban J connectivity index is 2.08. The first-order valence-electron chi connectivity index (χ1n) is 5.55. The van der Waals surface area contributed by atoms with Crippen LogP contribution in [0.1, 0.15) is 11.1 Å². The minimum atomic E-state index is 0.551. The third-order valence-corrected chi connectivity index (χ3v) is 2.99. The van der Waals surface area contributed by atoms with Gasteiger partial charge in [0.05, 0.1) is 5.69 Å². The maximum atomic E-state index is 5.86. The molecule has 0 radical (unpaired) electrons. The summed E-state index contributed by atoms with van der Waals surface area (Å²) in [6.07, 6.45) is 0. The average molecular weight is 256 g/mol. The first-order chi connectivity index (χ1) is 8.74. The van der Waals surface area contributed by atoms with Gasteiger partial charge >= 0.3 is 0 Å². The van der Waals surface area contributed by atoms with E-state index >= 15 is 0 Å². The summed E-state index contributed by atoms with van der Waals surface area (Å²) in [5.41, 5.74) is 2.68. The predicted molar refractivity (Wildman–Crippen MR) is 74.2 cm³/mol. The van der Waals surface area contributed by atoms with E-state index in [0.29, 0.717) is 16.7 Å². The van der Waals surface area contributed by atoms with E-state index in [0.717, 1.165) is 16.8 Å². The van der Waals surface area contributed by atoms with Crippen molar-refractivity contribution in [3.63, 3.8) is 0 Å². The number of halogens is 1. The van der Waals surface area contributed by atoms with Crippen molar-refractivity contribution < 1.29 is 4.74 Å². The lowest BCUT2D eigenvalue weighted by atomic mass is 10.1. The van der Waals surface area contributed by atoms with Crippen LogP contribution in [0.15, 0.2) is 60.1 Å². The summed E-state index contributed by atoms with van der Waals surface area (Å²) >= 11 is 5.86. The fourth-order valence-electron chi connectivity index (χ4n) is 1.83. The lowest BCUT2D eigenvalue weighted by Gasteiger charge is -2.18. The van der Waals surface area contributed by atoms with E-state index in [-0.39, 0.29) is 0 Å². The van der Waals surface area contributed by atoms with Gasteiger partial charge in [-0.3, -0.25) is 0 Å². The lowest BCUT2D eigenvalue weighted by Crippen LogP contribution is -2.09. The number of rotatable bonds is 1. The summed E-state index contributed by atoms with van der Waals surface area (Å²) in [5, 5.41) is 0.689. The van der Waals surface area contributed by atoms with E-state index in [1.165, 1.54) is 0 Å². The Hall–Kier alpha value is -2.06. The SMILES string of the molecule is C=C1OC(c2ccc(Cl)cc2)=Nc2ccccc21. The molecule has 1 aliphatic heterocycles. The van der Waals surface area contributed by atoms with E-state index in [4.69, 9.17) is 16.3 Å². The van der Waals surface area contributed by atoms with Crippen molar-refractivity contribution in [2.24, 2.45) is 4.99 Å². The minimum Gasteiger partial charge on any atom is -0.438 e. The van der Waals surface area contributed by atoms with E-state index in [2.05, 4.69) is 11.6 Å². The number of fused-ring (bicyclic) bond motifs is 1. The number of nitrogens with zero attached hydrogens (tertiary/aromatic N) is 1. The Bertz CT molecular complexity index is 644. The summed E-state index contributed by atoms with van der Waals surface area (Å²) < 4.78 is 5.65. The fourth-order valence-corrected chi connectivity index (χ4v) is 1.95. The first-order valence-corrected chi connectivity index (χ1v) is 5.92. The zero-order chi connectivity index (χ0) is 12.5. The van der Waals surface area contributed by atoms with Gasteiger partial charge < -0.3 is 4.74 Å². The third kappa shape index (κ3) is 1.91. The van der Waals surface area contributed by atoms with Gasteiger partial charge in [0.25, 0.3) is 0 Å². The zero-order valence-electron chi connectivity index (χ0n) is 9.56. The lowest BCUT2D eigenvalue weighted by molar-refractivity contribution is 0.505. The molecule has 0 N–H and O–H groups in total. The Labute approximate surface area is 110 Å². The molecule has 18 heavy (non-hydrogen) atoms. The molecule has 1 aliphatic rings. The van der Waals surface area contributed by atoms with Gasteiger partial charge in [0.2, 0.25) is 5.90 Å². The van der Waals surface area contributed by atoms with Crippen molar-refractivity contribution >= 4 is 28.9 Å². The summed E-state index contributed by atoms with van der Waals surface area (Å²) in [6, 6.07) is 15.2. The molecule has 0 saturated carbocycles. The molecule has 2 nitrogen and oxygen atoms in total. The van der Waals surface area contributed by atoms with Gasteiger partial charge in [-0.05, 0) is 36.4 Å². The van der Waals surface area contributed by atoms with Crippen LogP contribution in [0, 0.1) is 0 Å². The highest BCUT2D eigenvalue weighted by atomic mass is 35.5. The molecule has 0 aromatic heterocycles. The summed E-state index contributed by atoms with van der Waals surface area (Å²) in [4.78, 5) is 4.49. The molecule has 0 amide bonds. The number of hydrogen-bond donors (Lipinski definition) is 0. The van der Waals surface area contributed by atoms with Crippen LogP contribution in [0.4, 0.5) is 5.69 Å². The molecule has 2 aromatic carbocycles. The third-order valence-electron chi connectivity index (χ3n) is 2.74. The maximum absolute atomic E-state index is 5.86. The highest BCUT2D eigenvalue weighted by Crippen LogP contribution is 2.32. The molecule has 88 valence electrons. The van der Waals surface area contributed by atoms with Crippen LogP contribution in [-0.2, 0) is 4.74 Å². The van der Waals surface area contributed by atoms with Gasteiger partial charge in [-0.2, -0.15) is 0 Å². The predicted octanol–water partition coefficient (Wildman–Crippen LogP) is 4.42. The van der Waals surface area contributed by atoms with E-state index < -0.39 is 0 Å². The van der Waals surface area contributed by atoms with Crippen LogP contribution in [0.25, 0.3) is 5.76 Å². The van der Waals surface area contributed by atoms with E-state index in [1.807, 2.05) is 48.5 Å². The van der Waals surface area contributed by atoms with Crippen LogP contribution < -0.4 is 0 Å². The normalized spacial score (nSPS) is 13.6. The molecule has 0 unspecified atom stereocenters. The number of benzene rings is 2. The molecule has 3 heteroatoms. The second kappa shape index (κ2) is 4.31. The molecule has 0 spiro atoms. The topological polar surface area (TPSA) is 21.6 Å². The van der Waals surface area contributed by atoms with Crippen molar-refractivity contribution in [2.45, 2.75) is 0 Å². The van der Waals surface area contributed by atoms with Crippen molar-refractivity contribution in [3.05, 3.63) is 71.3 Å². The van der Waals surface area contributed by atoms with Crippen molar-refractivity contribution in [2.75, 3.05) is 0 Å². The van der Waals surface area contributed by atoms with Gasteiger partial charge in [-0.25, -0.2) is 4.99 Å². The summed E-state index contributed by atoms with van der Waals surface area (Å²) in [6.45, 7) is 3.92. The van der Waals surface area contributed by atoms with Crippen LogP contribution in [-0.4, -0.2) is 5.90 Å².